The Balaban J connectivity index is 1.89. The molecule has 1 N–H and O–H groups in total. The molecule has 1 aliphatic rings. The van der Waals surface area contributed by atoms with Crippen molar-refractivity contribution in [2.24, 2.45) is 0 Å². The van der Waals surface area contributed by atoms with Gasteiger partial charge in [0.2, 0.25) is 0 Å². The van der Waals surface area contributed by atoms with Crippen LogP contribution >= 0.6 is 0 Å². The van der Waals surface area contributed by atoms with Crippen LogP contribution in [0.15, 0.2) is 42.5 Å². The topological polar surface area (TPSA) is 15.3 Å². The fourth-order valence-electron chi connectivity index (χ4n) is 2.66. The SMILES string of the molecule is CC1CCc2cc(N(C)c3ccc(F)cc3)ccc2N1. The Kier molecular flexibility index (Phi) is 3.35. The van der Waals surface area contributed by atoms with Crippen LogP contribution in [0.2, 0.25) is 0 Å². The Hall–Kier alpha value is -2.03. The van der Waals surface area contributed by atoms with Gasteiger partial charge in [-0.15, -0.1) is 0 Å². The average Bonchev–Trinajstić information content (AvgIpc) is 2.47. The summed E-state index contributed by atoms with van der Waals surface area (Å²) in [6.45, 7) is 2.21. The summed E-state index contributed by atoms with van der Waals surface area (Å²) >= 11 is 0. The highest BCUT2D eigenvalue weighted by molar-refractivity contribution is 5.68. The molecule has 0 amide bonds. The zero-order valence-electron chi connectivity index (χ0n) is 11.9. The molecule has 1 aliphatic heterocycles. The lowest BCUT2D eigenvalue weighted by Gasteiger charge is -2.27. The smallest absolute Gasteiger partial charge is 0.123 e. The van der Waals surface area contributed by atoms with Crippen molar-refractivity contribution >= 4 is 17.1 Å². The van der Waals surface area contributed by atoms with Crippen LogP contribution in [0.3, 0.4) is 0 Å². The number of halogens is 1. The maximum atomic E-state index is 13.0. The monoisotopic (exact) mass is 270 g/mol. The number of anilines is 3. The molecular formula is C17H19FN2. The summed E-state index contributed by atoms with van der Waals surface area (Å²) in [5.41, 5.74) is 4.71. The summed E-state index contributed by atoms with van der Waals surface area (Å²) in [4.78, 5) is 2.08. The molecule has 0 aromatic heterocycles. The van der Waals surface area contributed by atoms with Gasteiger partial charge < -0.3 is 10.2 Å². The van der Waals surface area contributed by atoms with Gasteiger partial charge in [0.25, 0.3) is 0 Å². The van der Waals surface area contributed by atoms with Crippen LogP contribution < -0.4 is 10.2 Å². The summed E-state index contributed by atoms with van der Waals surface area (Å²) < 4.78 is 13.0. The van der Waals surface area contributed by atoms with E-state index in [1.807, 2.05) is 7.05 Å². The molecule has 2 aromatic rings. The third-order valence-corrected chi connectivity index (χ3v) is 3.94. The van der Waals surface area contributed by atoms with Crippen molar-refractivity contribution in [1.29, 1.82) is 0 Å². The van der Waals surface area contributed by atoms with Crippen molar-refractivity contribution in [3.8, 4) is 0 Å². The first-order chi connectivity index (χ1) is 9.63. The largest absolute Gasteiger partial charge is 0.382 e. The van der Waals surface area contributed by atoms with Crippen LogP contribution in [0, 0.1) is 5.82 Å². The van der Waals surface area contributed by atoms with Gasteiger partial charge in [-0.05, 0) is 67.8 Å². The normalized spacial score (nSPS) is 17.2. The van der Waals surface area contributed by atoms with E-state index in [2.05, 4.69) is 35.3 Å². The van der Waals surface area contributed by atoms with Crippen LogP contribution in [-0.2, 0) is 6.42 Å². The lowest BCUT2D eigenvalue weighted by atomic mass is 9.98. The van der Waals surface area contributed by atoms with E-state index in [-0.39, 0.29) is 5.82 Å². The van der Waals surface area contributed by atoms with Crippen molar-refractivity contribution in [3.05, 3.63) is 53.8 Å². The first-order valence-corrected chi connectivity index (χ1v) is 7.02. The standard InChI is InChI=1S/C17H19FN2/c1-12-3-4-13-11-16(9-10-17(13)19-12)20(2)15-7-5-14(18)6-8-15/h5-12,19H,3-4H2,1-2H3. The minimum Gasteiger partial charge on any atom is -0.382 e. The zero-order chi connectivity index (χ0) is 14.1. The Morgan fingerprint density at radius 3 is 2.55 bits per heavy atom. The van der Waals surface area contributed by atoms with Gasteiger partial charge >= 0.3 is 0 Å². The van der Waals surface area contributed by atoms with Gasteiger partial charge in [0.1, 0.15) is 5.82 Å². The summed E-state index contributed by atoms with van der Waals surface area (Å²) in [5.74, 6) is -0.203. The minimum atomic E-state index is -0.203. The van der Waals surface area contributed by atoms with Crippen molar-refractivity contribution in [3.63, 3.8) is 0 Å². The second-order valence-corrected chi connectivity index (χ2v) is 5.46. The highest BCUT2D eigenvalue weighted by atomic mass is 19.1. The Labute approximate surface area is 119 Å². The lowest BCUT2D eigenvalue weighted by Crippen LogP contribution is -2.22. The van der Waals surface area contributed by atoms with Gasteiger partial charge in [-0.25, -0.2) is 4.39 Å². The molecule has 1 unspecified atom stereocenters. The minimum absolute atomic E-state index is 0.203. The molecule has 0 aliphatic carbocycles. The highest BCUT2D eigenvalue weighted by Crippen LogP contribution is 2.31. The van der Waals surface area contributed by atoms with Crippen LogP contribution in [0.5, 0.6) is 0 Å². The quantitative estimate of drug-likeness (QED) is 0.873. The highest BCUT2D eigenvalue weighted by Gasteiger charge is 2.15. The van der Waals surface area contributed by atoms with Crippen LogP contribution in [0.25, 0.3) is 0 Å². The summed E-state index contributed by atoms with van der Waals surface area (Å²) in [6.07, 6.45) is 2.27. The molecule has 0 saturated carbocycles. The molecule has 104 valence electrons. The second kappa shape index (κ2) is 5.16. The first-order valence-electron chi connectivity index (χ1n) is 7.02. The number of benzene rings is 2. The predicted octanol–water partition coefficient (Wildman–Crippen LogP) is 4.34. The van der Waals surface area contributed by atoms with E-state index in [9.17, 15) is 4.39 Å². The number of rotatable bonds is 2. The van der Waals surface area contributed by atoms with Gasteiger partial charge in [-0.2, -0.15) is 0 Å². The van der Waals surface area contributed by atoms with Crippen LogP contribution in [0.1, 0.15) is 18.9 Å². The predicted molar refractivity (Wildman–Crippen MR) is 82.3 cm³/mol. The van der Waals surface area contributed by atoms with E-state index in [0.29, 0.717) is 6.04 Å². The molecule has 0 fully saturated rings. The van der Waals surface area contributed by atoms with E-state index in [4.69, 9.17) is 0 Å². The number of nitrogens with zero attached hydrogens (tertiary/aromatic N) is 1. The lowest BCUT2D eigenvalue weighted by molar-refractivity contribution is 0.628. The van der Waals surface area contributed by atoms with Gasteiger partial charge in [-0.3, -0.25) is 0 Å². The summed E-state index contributed by atoms with van der Waals surface area (Å²) in [5, 5.41) is 3.51. The van der Waals surface area contributed by atoms with Crippen LogP contribution in [0.4, 0.5) is 21.5 Å². The molecular weight excluding hydrogens is 251 g/mol. The summed E-state index contributed by atoms with van der Waals surface area (Å²) in [7, 11) is 2.01. The van der Waals surface area contributed by atoms with E-state index in [0.717, 1.165) is 24.2 Å². The summed E-state index contributed by atoms with van der Waals surface area (Å²) in [6, 6.07) is 13.6. The average molecular weight is 270 g/mol. The van der Waals surface area contributed by atoms with Crippen molar-refractivity contribution in [2.75, 3.05) is 17.3 Å². The molecule has 2 nitrogen and oxygen atoms in total. The van der Waals surface area contributed by atoms with E-state index in [1.54, 1.807) is 12.1 Å². The molecule has 0 radical (unpaired) electrons. The van der Waals surface area contributed by atoms with Gasteiger partial charge in [-0.1, -0.05) is 0 Å². The molecule has 3 rings (SSSR count). The number of nitrogens with one attached hydrogen (secondary N) is 1. The van der Waals surface area contributed by atoms with Crippen LogP contribution in [-0.4, -0.2) is 13.1 Å². The maximum absolute atomic E-state index is 13.0. The molecule has 0 spiro atoms. The number of aryl methyl sites for hydroxylation is 1. The van der Waals surface area contributed by atoms with Gasteiger partial charge in [0.05, 0.1) is 0 Å². The Bertz CT molecular complexity index is 607. The molecule has 3 heteroatoms. The molecule has 0 saturated heterocycles. The van der Waals surface area contributed by atoms with Gasteiger partial charge in [0.15, 0.2) is 0 Å². The van der Waals surface area contributed by atoms with Crippen molar-refractivity contribution < 1.29 is 4.39 Å². The molecule has 0 bridgehead atoms. The number of fused-ring (bicyclic) bond motifs is 1. The fraction of sp³-hybridized carbons (Fsp3) is 0.294. The third-order valence-electron chi connectivity index (χ3n) is 3.94. The third kappa shape index (κ3) is 2.48. The first kappa shape index (κ1) is 13.0. The van der Waals surface area contributed by atoms with Crippen molar-refractivity contribution in [1.82, 2.24) is 0 Å². The molecule has 20 heavy (non-hydrogen) atoms. The molecule has 1 heterocycles. The molecule has 2 aromatic carbocycles. The van der Waals surface area contributed by atoms with E-state index < -0.39 is 0 Å². The van der Waals surface area contributed by atoms with Gasteiger partial charge in [0, 0.05) is 30.2 Å². The number of hydrogen-bond donors (Lipinski definition) is 1. The second-order valence-electron chi connectivity index (χ2n) is 5.46. The van der Waals surface area contributed by atoms with E-state index >= 15 is 0 Å². The van der Waals surface area contributed by atoms with E-state index in [1.165, 1.54) is 23.4 Å². The Morgan fingerprint density at radius 2 is 1.80 bits per heavy atom. The molecule has 1 atom stereocenters. The fourth-order valence-corrected chi connectivity index (χ4v) is 2.66. The van der Waals surface area contributed by atoms with Crippen molar-refractivity contribution in [2.45, 2.75) is 25.8 Å². The number of hydrogen-bond acceptors (Lipinski definition) is 2. The zero-order valence-corrected chi connectivity index (χ0v) is 11.9. The maximum Gasteiger partial charge on any atom is 0.123 e. The Morgan fingerprint density at radius 1 is 1.10 bits per heavy atom.